The third kappa shape index (κ3) is 3.74. The Hall–Kier alpha value is -1.80. The van der Waals surface area contributed by atoms with E-state index in [2.05, 4.69) is 36.4 Å². The summed E-state index contributed by atoms with van der Waals surface area (Å²) in [5, 5.41) is 3.89. The lowest BCUT2D eigenvalue weighted by molar-refractivity contribution is -0.117. The summed E-state index contributed by atoms with van der Waals surface area (Å²) < 4.78 is 2.44. The average molecular weight is 360 g/mol. The number of piperazine rings is 1. The van der Waals surface area contributed by atoms with Crippen molar-refractivity contribution in [1.29, 1.82) is 0 Å². The molecule has 2 aromatic rings. The molecule has 0 aromatic carbocycles. The van der Waals surface area contributed by atoms with Gasteiger partial charge in [-0.3, -0.25) is 10.1 Å². The van der Waals surface area contributed by atoms with E-state index >= 15 is 0 Å². The van der Waals surface area contributed by atoms with Gasteiger partial charge in [-0.1, -0.05) is 18.9 Å². The standard InChI is InChI=1S/C17H24N6OS/c1-2-11-25-23-9-7-22(8-10-23)15-13-5-6-18-14(13)19-17(20-15)21-16(24)12-3-4-12/h5-6,12H,2-4,7-11H2,1H3,(H2,18,19,20,21,24). The lowest BCUT2D eigenvalue weighted by atomic mass is 10.3. The van der Waals surface area contributed by atoms with E-state index in [1.54, 1.807) is 0 Å². The second-order valence-electron chi connectivity index (χ2n) is 6.62. The number of nitrogens with one attached hydrogen (secondary N) is 2. The highest BCUT2D eigenvalue weighted by molar-refractivity contribution is 7.97. The van der Waals surface area contributed by atoms with Crippen molar-refractivity contribution in [2.75, 3.05) is 42.1 Å². The molecule has 3 heterocycles. The Morgan fingerprint density at radius 1 is 1.32 bits per heavy atom. The Balaban J connectivity index is 1.52. The van der Waals surface area contributed by atoms with Crippen molar-refractivity contribution in [2.24, 2.45) is 5.92 Å². The minimum atomic E-state index is 0.0395. The van der Waals surface area contributed by atoms with E-state index in [4.69, 9.17) is 0 Å². The lowest BCUT2D eigenvalue weighted by Gasteiger charge is -2.34. The number of anilines is 2. The molecule has 0 spiro atoms. The average Bonchev–Trinajstić information content (AvgIpc) is 3.38. The molecule has 4 rings (SSSR count). The van der Waals surface area contributed by atoms with Crippen LogP contribution in [0.3, 0.4) is 0 Å². The van der Waals surface area contributed by atoms with E-state index in [0.29, 0.717) is 5.95 Å². The van der Waals surface area contributed by atoms with Crippen LogP contribution in [0.1, 0.15) is 26.2 Å². The Morgan fingerprint density at radius 3 is 2.84 bits per heavy atom. The Kier molecular flexibility index (Phi) is 4.80. The molecule has 2 aromatic heterocycles. The number of fused-ring (bicyclic) bond motifs is 1. The number of carbonyl (C=O) groups excluding carboxylic acids is 1. The zero-order valence-electron chi connectivity index (χ0n) is 14.5. The van der Waals surface area contributed by atoms with Gasteiger partial charge in [-0.05, 0) is 25.3 Å². The van der Waals surface area contributed by atoms with E-state index in [9.17, 15) is 4.79 Å². The molecule has 1 amide bonds. The number of aromatic amines is 1. The van der Waals surface area contributed by atoms with Crippen LogP contribution in [0.2, 0.25) is 0 Å². The van der Waals surface area contributed by atoms with Crippen molar-refractivity contribution in [1.82, 2.24) is 19.3 Å². The predicted molar refractivity (Wildman–Crippen MR) is 102 cm³/mol. The third-order valence-electron chi connectivity index (χ3n) is 4.59. The number of hydrogen-bond acceptors (Lipinski definition) is 6. The molecule has 2 fully saturated rings. The summed E-state index contributed by atoms with van der Waals surface area (Å²) in [6.45, 7) is 6.12. The Bertz CT molecular complexity index is 751. The molecular formula is C17H24N6OS. The molecule has 1 saturated carbocycles. The quantitative estimate of drug-likeness (QED) is 0.771. The molecule has 7 nitrogen and oxygen atoms in total. The van der Waals surface area contributed by atoms with Crippen LogP contribution in [0, 0.1) is 5.92 Å². The van der Waals surface area contributed by atoms with Gasteiger partial charge in [0.2, 0.25) is 11.9 Å². The zero-order valence-corrected chi connectivity index (χ0v) is 15.3. The van der Waals surface area contributed by atoms with Crippen molar-refractivity contribution in [3.8, 4) is 0 Å². The fourth-order valence-electron chi connectivity index (χ4n) is 3.03. The summed E-state index contributed by atoms with van der Waals surface area (Å²) in [5.41, 5.74) is 0.777. The maximum atomic E-state index is 12.1. The number of H-pyrrole nitrogens is 1. The van der Waals surface area contributed by atoms with E-state index in [1.807, 2.05) is 24.2 Å². The van der Waals surface area contributed by atoms with Crippen molar-refractivity contribution in [3.63, 3.8) is 0 Å². The number of nitrogens with zero attached hydrogens (tertiary/aromatic N) is 4. The molecule has 0 radical (unpaired) electrons. The van der Waals surface area contributed by atoms with Gasteiger partial charge in [-0.15, -0.1) is 0 Å². The maximum absolute atomic E-state index is 12.1. The molecule has 134 valence electrons. The summed E-state index contributed by atoms with van der Waals surface area (Å²) in [7, 11) is 0. The second-order valence-corrected chi connectivity index (χ2v) is 7.81. The first-order valence-electron chi connectivity index (χ1n) is 9.03. The van der Waals surface area contributed by atoms with Crippen molar-refractivity contribution in [2.45, 2.75) is 26.2 Å². The van der Waals surface area contributed by atoms with Crippen molar-refractivity contribution >= 4 is 40.7 Å². The van der Waals surface area contributed by atoms with Gasteiger partial charge in [0, 0.05) is 44.0 Å². The number of rotatable bonds is 6. The van der Waals surface area contributed by atoms with Gasteiger partial charge in [0.05, 0.1) is 5.39 Å². The molecule has 1 aliphatic heterocycles. The van der Waals surface area contributed by atoms with E-state index in [-0.39, 0.29) is 11.8 Å². The highest BCUT2D eigenvalue weighted by Gasteiger charge is 2.30. The van der Waals surface area contributed by atoms with Gasteiger partial charge in [-0.2, -0.15) is 9.97 Å². The topological polar surface area (TPSA) is 77.2 Å². The summed E-state index contributed by atoms with van der Waals surface area (Å²) in [4.78, 5) is 26.6. The highest BCUT2D eigenvalue weighted by Crippen LogP contribution is 2.31. The first-order chi connectivity index (χ1) is 12.2. The van der Waals surface area contributed by atoms with E-state index < -0.39 is 0 Å². The molecule has 0 bridgehead atoms. The second kappa shape index (κ2) is 7.21. The van der Waals surface area contributed by atoms with Gasteiger partial charge in [-0.25, -0.2) is 4.31 Å². The monoisotopic (exact) mass is 360 g/mol. The van der Waals surface area contributed by atoms with Crippen molar-refractivity contribution in [3.05, 3.63) is 12.3 Å². The fraction of sp³-hybridized carbons (Fsp3) is 0.588. The predicted octanol–water partition coefficient (Wildman–Crippen LogP) is 2.49. The number of hydrogen-bond donors (Lipinski definition) is 2. The largest absolute Gasteiger partial charge is 0.353 e. The van der Waals surface area contributed by atoms with Crippen LogP contribution in [0.15, 0.2) is 12.3 Å². The van der Waals surface area contributed by atoms with Crippen LogP contribution in [0.5, 0.6) is 0 Å². The maximum Gasteiger partial charge on any atom is 0.233 e. The van der Waals surface area contributed by atoms with E-state index in [1.165, 1.54) is 12.2 Å². The Morgan fingerprint density at radius 2 is 2.12 bits per heavy atom. The zero-order chi connectivity index (χ0) is 17.2. The third-order valence-corrected chi connectivity index (χ3v) is 5.92. The minimum absolute atomic E-state index is 0.0395. The van der Waals surface area contributed by atoms with E-state index in [0.717, 1.165) is 55.9 Å². The van der Waals surface area contributed by atoms with Gasteiger partial charge in [0.25, 0.3) is 0 Å². The minimum Gasteiger partial charge on any atom is -0.353 e. The number of aromatic nitrogens is 3. The first-order valence-corrected chi connectivity index (χ1v) is 9.97. The summed E-state index contributed by atoms with van der Waals surface area (Å²) in [6, 6.07) is 2.01. The molecule has 8 heteroatoms. The molecule has 1 saturated heterocycles. The normalized spacial score (nSPS) is 18.7. The highest BCUT2D eigenvalue weighted by atomic mass is 32.2. The molecule has 1 aliphatic carbocycles. The van der Waals surface area contributed by atoms with Gasteiger partial charge < -0.3 is 9.88 Å². The Labute approximate surface area is 151 Å². The molecule has 2 aliphatic rings. The van der Waals surface area contributed by atoms with Crippen LogP contribution in [0.4, 0.5) is 11.8 Å². The van der Waals surface area contributed by atoms with Gasteiger partial charge in [0.15, 0.2) is 0 Å². The van der Waals surface area contributed by atoms with Gasteiger partial charge in [0.1, 0.15) is 11.5 Å². The molecule has 0 atom stereocenters. The van der Waals surface area contributed by atoms with Crippen molar-refractivity contribution < 1.29 is 4.79 Å². The number of amides is 1. The SMILES string of the molecule is CCCSN1CCN(c2nc(NC(=O)C3CC3)nc3[nH]ccc23)CC1. The van der Waals surface area contributed by atoms with Crippen LogP contribution < -0.4 is 10.2 Å². The summed E-state index contributed by atoms with van der Waals surface area (Å²) in [5.74, 6) is 2.68. The molecule has 0 unspecified atom stereocenters. The molecular weight excluding hydrogens is 336 g/mol. The molecule has 25 heavy (non-hydrogen) atoms. The van der Waals surface area contributed by atoms with Crippen LogP contribution >= 0.6 is 11.9 Å². The van der Waals surface area contributed by atoms with Crippen LogP contribution in [0.25, 0.3) is 11.0 Å². The lowest BCUT2D eigenvalue weighted by Crippen LogP contribution is -2.44. The fourth-order valence-corrected chi connectivity index (χ4v) is 3.89. The number of carbonyl (C=O) groups is 1. The summed E-state index contributed by atoms with van der Waals surface area (Å²) >= 11 is 1.93. The summed E-state index contributed by atoms with van der Waals surface area (Å²) in [6.07, 6.45) is 5.02. The van der Waals surface area contributed by atoms with Crippen LogP contribution in [-0.2, 0) is 4.79 Å². The first kappa shape index (κ1) is 16.7. The molecule has 2 N–H and O–H groups in total. The van der Waals surface area contributed by atoms with Crippen LogP contribution in [-0.4, -0.2) is 57.1 Å². The smallest absolute Gasteiger partial charge is 0.233 e. The van der Waals surface area contributed by atoms with Gasteiger partial charge >= 0.3 is 0 Å².